The second-order valence-electron chi connectivity index (χ2n) is 5.45. The van der Waals surface area contributed by atoms with Crippen LogP contribution in [0.3, 0.4) is 0 Å². The summed E-state index contributed by atoms with van der Waals surface area (Å²) in [4.78, 5) is 25.2. The largest absolute Gasteiger partial charge is 0.481 e. The average Bonchev–Trinajstić information content (AvgIpc) is 2.86. The summed E-state index contributed by atoms with van der Waals surface area (Å²) in [6, 6.07) is 0.170. The van der Waals surface area contributed by atoms with Crippen molar-refractivity contribution in [2.75, 3.05) is 24.6 Å². The van der Waals surface area contributed by atoms with Gasteiger partial charge < -0.3 is 15.3 Å². The fraction of sp³-hybridized carbons (Fsp3) is 0.846. The number of nitrogens with zero attached hydrogens (tertiary/aromatic N) is 1. The Labute approximate surface area is 118 Å². The first-order valence-electron chi connectivity index (χ1n) is 6.94. The summed E-state index contributed by atoms with van der Waals surface area (Å²) in [6.07, 6.45) is 3.17. The summed E-state index contributed by atoms with van der Waals surface area (Å²) in [5.74, 6) is 1.41. The third kappa shape index (κ3) is 3.16. The molecule has 0 aromatic rings. The van der Waals surface area contributed by atoms with Crippen LogP contribution in [0.4, 0.5) is 4.79 Å². The van der Waals surface area contributed by atoms with Gasteiger partial charge in [0.15, 0.2) is 0 Å². The van der Waals surface area contributed by atoms with Crippen LogP contribution in [0.5, 0.6) is 0 Å². The maximum atomic E-state index is 12.2. The number of carbonyl (C=O) groups excluding carboxylic acids is 1. The first-order valence-corrected chi connectivity index (χ1v) is 8.09. The zero-order chi connectivity index (χ0) is 13.9. The molecule has 0 saturated carbocycles. The zero-order valence-corrected chi connectivity index (χ0v) is 12.2. The van der Waals surface area contributed by atoms with Crippen molar-refractivity contribution in [2.24, 2.45) is 5.41 Å². The standard InChI is InChI=1S/C13H22N2O3S/c1-2-13(11(16)17)5-6-15(9-13)12(18)14-10-3-7-19-8-4-10/h10H,2-9H2,1H3,(H,14,18)(H,16,17). The predicted octanol–water partition coefficient (Wildman–Crippen LogP) is 1.78. The van der Waals surface area contributed by atoms with Crippen molar-refractivity contribution in [3.05, 3.63) is 0 Å². The Bertz CT molecular complexity index is 358. The molecule has 0 aromatic heterocycles. The SMILES string of the molecule is CCC1(C(=O)O)CCN(C(=O)NC2CCSCC2)C1. The molecular formula is C13H22N2O3S. The van der Waals surface area contributed by atoms with Crippen LogP contribution in [0.15, 0.2) is 0 Å². The highest BCUT2D eigenvalue weighted by molar-refractivity contribution is 7.99. The van der Waals surface area contributed by atoms with Gasteiger partial charge in [-0.05, 0) is 37.2 Å². The topological polar surface area (TPSA) is 69.6 Å². The van der Waals surface area contributed by atoms with E-state index >= 15 is 0 Å². The number of rotatable bonds is 3. The van der Waals surface area contributed by atoms with Gasteiger partial charge in [-0.3, -0.25) is 4.79 Å². The molecular weight excluding hydrogens is 264 g/mol. The van der Waals surface area contributed by atoms with Gasteiger partial charge in [0, 0.05) is 19.1 Å². The second kappa shape index (κ2) is 6.03. The van der Waals surface area contributed by atoms with Crippen LogP contribution in [-0.2, 0) is 4.79 Å². The van der Waals surface area contributed by atoms with E-state index in [0.29, 0.717) is 25.9 Å². The lowest BCUT2D eigenvalue weighted by molar-refractivity contribution is -0.148. The molecule has 2 N–H and O–H groups in total. The molecule has 19 heavy (non-hydrogen) atoms. The lowest BCUT2D eigenvalue weighted by Crippen LogP contribution is -2.46. The van der Waals surface area contributed by atoms with E-state index < -0.39 is 11.4 Å². The van der Waals surface area contributed by atoms with E-state index in [2.05, 4.69) is 5.32 Å². The average molecular weight is 286 g/mol. The minimum absolute atomic E-state index is 0.0894. The molecule has 2 aliphatic heterocycles. The summed E-state index contributed by atoms with van der Waals surface area (Å²) in [7, 11) is 0. The molecule has 0 spiro atoms. The van der Waals surface area contributed by atoms with Crippen molar-refractivity contribution in [2.45, 2.75) is 38.6 Å². The highest BCUT2D eigenvalue weighted by Gasteiger charge is 2.44. The smallest absolute Gasteiger partial charge is 0.317 e. The lowest BCUT2D eigenvalue weighted by atomic mass is 9.84. The van der Waals surface area contributed by atoms with Crippen molar-refractivity contribution in [1.82, 2.24) is 10.2 Å². The molecule has 1 atom stereocenters. The maximum Gasteiger partial charge on any atom is 0.317 e. The van der Waals surface area contributed by atoms with Crippen molar-refractivity contribution < 1.29 is 14.7 Å². The number of aliphatic carboxylic acids is 1. The van der Waals surface area contributed by atoms with E-state index in [1.54, 1.807) is 4.90 Å². The Hall–Kier alpha value is -0.910. The van der Waals surface area contributed by atoms with E-state index in [1.165, 1.54) is 0 Å². The fourth-order valence-corrected chi connectivity index (χ4v) is 3.87. The molecule has 2 heterocycles. The number of hydrogen-bond acceptors (Lipinski definition) is 3. The van der Waals surface area contributed by atoms with Gasteiger partial charge in [0.2, 0.25) is 0 Å². The van der Waals surface area contributed by atoms with Gasteiger partial charge in [0.1, 0.15) is 0 Å². The van der Waals surface area contributed by atoms with Crippen LogP contribution in [0.2, 0.25) is 0 Å². The minimum Gasteiger partial charge on any atom is -0.481 e. The van der Waals surface area contributed by atoms with Gasteiger partial charge in [0.25, 0.3) is 0 Å². The number of hydrogen-bond donors (Lipinski definition) is 2. The molecule has 0 aromatic carbocycles. The van der Waals surface area contributed by atoms with E-state index in [-0.39, 0.29) is 12.1 Å². The molecule has 2 aliphatic rings. The van der Waals surface area contributed by atoms with Gasteiger partial charge in [-0.15, -0.1) is 0 Å². The molecule has 2 saturated heterocycles. The number of urea groups is 1. The third-order valence-corrected chi connectivity index (χ3v) is 5.37. The lowest BCUT2D eigenvalue weighted by Gasteiger charge is -2.27. The van der Waals surface area contributed by atoms with E-state index in [0.717, 1.165) is 24.3 Å². The molecule has 2 amide bonds. The Kier molecular flexibility index (Phi) is 4.60. The predicted molar refractivity (Wildman–Crippen MR) is 75.4 cm³/mol. The quantitative estimate of drug-likeness (QED) is 0.829. The zero-order valence-electron chi connectivity index (χ0n) is 11.4. The van der Waals surface area contributed by atoms with E-state index in [4.69, 9.17) is 0 Å². The van der Waals surface area contributed by atoms with Crippen molar-refractivity contribution in [3.8, 4) is 0 Å². The monoisotopic (exact) mass is 286 g/mol. The summed E-state index contributed by atoms with van der Waals surface area (Å²) < 4.78 is 0. The minimum atomic E-state index is -0.778. The highest BCUT2D eigenvalue weighted by Crippen LogP contribution is 2.34. The number of carbonyl (C=O) groups is 2. The Morgan fingerprint density at radius 2 is 2.11 bits per heavy atom. The first kappa shape index (κ1) is 14.5. The van der Waals surface area contributed by atoms with Crippen molar-refractivity contribution >= 4 is 23.8 Å². The molecule has 0 radical (unpaired) electrons. The Balaban J connectivity index is 1.89. The van der Waals surface area contributed by atoms with E-state index in [1.807, 2.05) is 18.7 Å². The first-order chi connectivity index (χ1) is 9.07. The summed E-state index contributed by atoms with van der Waals surface area (Å²) >= 11 is 1.92. The molecule has 2 rings (SSSR count). The van der Waals surface area contributed by atoms with Gasteiger partial charge in [-0.25, -0.2) is 4.79 Å². The summed E-state index contributed by atoms with van der Waals surface area (Å²) in [5.41, 5.74) is -0.736. The van der Waals surface area contributed by atoms with E-state index in [9.17, 15) is 14.7 Å². The molecule has 2 fully saturated rings. The van der Waals surface area contributed by atoms with Crippen LogP contribution in [0, 0.1) is 5.41 Å². The van der Waals surface area contributed by atoms with Gasteiger partial charge >= 0.3 is 12.0 Å². The van der Waals surface area contributed by atoms with Gasteiger partial charge in [-0.2, -0.15) is 11.8 Å². The molecule has 0 bridgehead atoms. The van der Waals surface area contributed by atoms with Crippen molar-refractivity contribution in [1.29, 1.82) is 0 Å². The van der Waals surface area contributed by atoms with Gasteiger partial charge in [0.05, 0.1) is 5.41 Å². The van der Waals surface area contributed by atoms with Crippen LogP contribution < -0.4 is 5.32 Å². The van der Waals surface area contributed by atoms with Gasteiger partial charge in [-0.1, -0.05) is 6.92 Å². The highest BCUT2D eigenvalue weighted by atomic mass is 32.2. The van der Waals surface area contributed by atoms with Crippen molar-refractivity contribution in [3.63, 3.8) is 0 Å². The molecule has 108 valence electrons. The Morgan fingerprint density at radius 3 is 2.63 bits per heavy atom. The van der Waals surface area contributed by atoms with Crippen LogP contribution in [-0.4, -0.2) is 52.6 Å². The molecule has 5 nitrogen and oxygen atoms in total. The number of carboxylic acid groups (broad SMARTS) is 1. The molecule has 6 heteroatoms. The van der Waals surface area contributed by atoms with Crippen LogP contribution >= 0.6 is 11.8 Å². The number of carboxylic acids is 1. The number of likely N-dealkylation sites (tertiary alicyclic amines) is 1. The fourth-order valence-electron chi connectivity index (χ4n) is 2.77. The van der Waals surface area contributed by atoms with Crippen LogP contribution in [0.25, 0.3) is 0 Å². The Morgan fingerprint density at radius 1 is 1.42 bits per heavy atom. The maximum absolute atomic E-state index is 12.2. The summed E-state index contributed by atoms with van der Waals surface area (Å²) in [6.45, 7) is 2.77. The second-order valence-corrected chi connectivity index (χ2v) is 6.67. The molecule has 1 unspecified atom stereocenters. The third-order valence-electron chi connectivity index (χ3n) is 4.32. The number of thioether (sulfide) groups is 1. The summed E-state index contributed by atoms with van der Waals surface area (Å²) in [5, 5.41) is 12.4. The number of nitrogens with one attached hydrogen (secondary N) is 1. The molecule has 0 aliphatic carbocycles. The normalized spacial score (nSPS) is 28.4. The van der Waals surface area contributed by atoms with Crippen LogP contribution in [0.1, 0.15) is 32.6 Å². The number of amides is 2.